The molecule has 2 aromatic heterocycles. The van der Waals surface area contributed by atoms with Crippen LogP contribution in [0.3, 0.4) is 0 Å². The summed E-state index contributed by atoms with van der Waals surface area (Å²) in [5, 5.41) is 73.9. The van der Waals surface area contributed by atoms with E-state index in [9.17, 15) is 0 Å². The quantitative estimate of drug-likeness (QED) is 0.128. The Morgan fingerprint density at radius 1 is 0.264 bits per heavy atom. The number of Topliss-reactive ketones (excluding diaryl/α,β-unsaturated/α-hetero) is 1. The summed E-state index contributed by atoms with van der Waals surface area (Å²) in [6.45, 7) is 13.7. The molecule has 2 unspecified atom stereocenters. The van der Waals surface area contributed by atoms with Crippen LogP contribution in [-0.2, 0) is 21.7 Å². The Bertz CT molecular complexity index is 8650. The molecule has 0 fully saturated rings. The average molecular weight is 1090 g/mol. The zero-order chi connectivity index (χ0) is 54.0. The van der Waals surface area contributed by atoms with Crippen molar-refractivity contribution in [1.29, 1.82) is 0 Å². The van der Waals surface area contributed by atoms with Crippen LogP contribution in [0.5, 0.6) is 0 Å². The number of ketones is 1. The first-order valence-corrected chi connectivity index (χ1v) is 31.5. The van der Waals surface area contributed by atoms with Gasteiger partial charge in [-0.05, 0) is 165 Å². The van der Waals surface area contributed by atoms with Crippen molar-refractivity contribution in [3.8, 4) is 0 Å². The van der Waals surface area contributed by atoms with Gasteiger partial charge in [-0.2, -0.15) is 0 Å². The molecule has 3 aliphatic rings. The van der Waals surface area contributed by atoms with Crippen molar-refractivity contribution in [2.24, 2.45) is 0 Å². The van der Waals surface area contributed by atoms with Crippen LogP contribution in [-0.4, -0.2) is 15.8 Å². The van der Waals surface area contributed by atoms with Crippen LogP contribution in [0, 0.1) is 0 Å². The fourth-order valence-electron chi connectivity index (χ4n) is 26.1. The largest absolute Gasteiger partial charge is 0.292 e. The Hall–Kier alpha value is -10.2. The Morgan fingerprint density at radius 3 is 0.851 bits per heavy atom. The van der Waals surface area contributed by atoms with Crippen LogP contribution in [0.1, 0.15) is 91.4 Å². The third kappa shape index (κ3) is 2.42. The second-order valence-electron chi connectivity index (χ2n) is 31.7. The molecule has 0 aliphatic heterocycles. The van der Waals surface area contributed by atoms with E-state index in [1.165, 1.54) is 264 Å². The number of halogens is 1. The van der Waals surface area contributed by atoms with Crippen molar-refractivity contribution >= 4 is 297 Å². The predicted octanol–water partition coefficient (Wildman–Crippen LogP) is 20.7. The van der Waals surface area contributed by atoms with Crippen LogP contribution in [0.4, 0.5) is 4.70 Å². The first-order chi connectivity index (χ1) is 41.9. The van der Waals surface area contributed by atoms with Crippen molar-refractivity contribution in [1.82, 2.24) is 9.97 Å². The minimum absolute atomic E-state index is 0. The number of carbonyl (C=O) groups excluding carboxylic acids is 1. The molecule has 0 amide bonds. The summed E-state index contributed by atoms with van der Waals surface area (Å²) in [7, 11) is 0. The maximum absolute atomic E-state index is 18.6. The van der Waals surface area contributed by atoms with E-state index in [0.29, 0.717) is 0 Å². The lowest BCUT2D eigenvalue weighted by molar-refractivity contribution is 0.0937. The molecule has 384 valence electrons. The molecule has 28 aromatic carbocycles. The lowest BCUT2D eigenvalue weighted by Crippen LogP contribution is -2.47. The SMILES string of the molecule is CC(C)(C)c1cccc(C23C=CC4(c5cccc(C(C)(C)C)n5)c5c2c2c6c(c7c8c9c(=O)c%10c4c4c%11c5c5c2c2c%12c6c6c7c7c8c8c%13c9c%10c9c4c4c%10c%11c%11c5c2c2c5c%12c6c6c7c7c8c8c%13c9c4c4c9c%10c%11c2c2c5c6c7c(c48)c92)C3=O)n1.F. The first-order valence-electron chi connectivity index (χ1n) is 31.5. The van der Waals surface area contributed by atoms with E-state index in [2.05, 4.69) is 90.1 Å². The summed E-state index contributed by atoms with van der Waals surface area (Å²) in [6, 6.07) is 13.4. The summed E-state index contributed by atoms with van der Waals surface area (Å²) in [5.74, 6) is 0.104. The van der Waals surface area contributed by atoms with Gasteiger partial charge >= 0.3 is 0 Å². The minimum Gasteiger partial charge on any atom is -0.292 e. The molecule has 0 saturated heterocycles. The number of benzene rings is 18. The third-order valence-corrected chi connectivity index (χ3v) is 27.6. The number of aromatic nitrogens is 2. The molecule has 0 spiro atoms. The van der Waals surface area contributed by atoms with Gasteiger partial charge in [-0.15, -0.1) is 0 Å². The summed E-state index contributed by atoms with van der Waals surface area (Å²) in [6.07, 6.45) is 4.87. The van der Waals surface area contributed by atoms with E-state index in [1.54, 1.807) is 0 Å². The minimum atomic E-state index is -1.35. The Kier molecular flexibility index (Phi) is 3.97. The van der Waals surface area contributed by atoms with E-state index >= 15 is 9.59 Å². The van der Waals surface area contributed by atoms with E-state index < -0.39 is 10.8 Å². The second kappa shape index (κ2) is 9.10. The highest BCUT2D eigenvalue weighted by Crippen LogP contribution is 2.80. The maximum atomic E-state index is 18.6. The van der Waals surface area contributed by atoms with Gasteiger partial charge in [-0.1, -0.05) is 65.8 Å². The lowest BCUT2D eigenvalue weighted by atomic mass is 9.52. The van der Waals surface area contributed by atoms with Gasteiger partial charge in [0.05, 0.1) is 16.8 Å². The summed E-state index contributed by atoms with van der Waals surface area (Å²) < 4.78 is 0. The fourth-order valence-corrected chi connectivity index (χ4v) is 26.1. The number of hydrogen-bond donors (Lipinski definition) is 0. The molecule has 0 bridgehead atoms. The molecule has 4 nitrogen and oxygen atoms in total. The standard InChI is InChI=1S/C82H26N2O2.FH/c1-79(2,3)15-9-7-11-17(83-15)81-13-14-82(18-12-8-10-16(84-18)80(4,5)6)76-70-61-52-43-33-27-21-20-19-23-24-22(21)28(33)36-39-30(24)38-29(23)37-32-25(19)31-26(20)34-35(27)45-51(43)60(61)69(75(76)81)66-56(45)44(34)50-40(31)42-41(32)54-47(37)53-48(38)55-49(39)57(46(36)52)67(70)72(78(82)86)64(55)62(53)71-63(54)65-58(42)59(50)68(66)74(81)73(65)77(71)85;/h7-14H,1-6H3;1H. The van der Waals surface area contributed by atoms with Gasteiger partial charge in [0, 0.05) is 195 Å². The second-order valence-corrected chi connectivity index (χ2v) is 31.7. The molecule has 87 heavy (non-hydrogen) atoms. The van der Waals surface area contributed by atoms with E-state index in [-0.39, 0.29) is 26.7 Å². The first kappa shape index (κ1) is 37.9. The summed E-state index contributed by atoms with van der Waals surface area (Å²) in [4.78, 5) is 48.8. The van der Waals surface area contributed by atoms with Gasteiger partial charge < -0.3 is 0 Å². The van der Waals surface area contributed by atoms with Gasteiger partial charge in [-0.3, -0.25) is 24.3 Å². The smallest absolute Gasteiger partial charge is 0.195 e. The number of carbonyl (C=O) groups is 1. The third-order valence-electron chi connectivity index (χ3n) is 27.6. The number of fused-ring (bicyclic) bond motifs is 5. The molecule has 30 aromatic rings. The van der Waals surface area contributed by atoms with Gasteiger partial charge in [-0.25, -0.2) is 0 Å². The zero-order valence-corrected chi connectivity index (χ0v) is 46.7. The summed E-state index contributed by atoms with van der Waals surface area (Å²) >= 11 is 0. The van der Waals surface area contributed by atoms with Crippen LogP contribution in [0.2, 0.25) is 0 Å². The topological polar surface area (TPSA) is 59.9 Å². The number of hydrogen-bond acceptors (Lipinski definition) is 4. The highest BCUT2D eigenvalue weighted by molar-refractivity contribution is 6.82. The van der Waals surface area contributed by atoms with Crippen molar-refractivity contribution in [2.45, 2.75) is 63.2 Å². The average Bonchev–Trinajstić information content (AvgIpc) is 1.43. The Labute approximate surface area is 480 Å². The van der Waals surface area contributed by atoms with E-state index in [4.69, 9.17) is 9.97 Å². The monoisotopic (exact) mass is 1090 g/mol. The Balaban J connectivity index is 0.00000422. The van der Waals surface area contributed by atoms with Crippen LogP contribution < -0.4 is 5.43 Å². The molecule has 2 atom stereocenters. The highest BCUT2D eigenvalue weighted by Gasteiger charge is 2.61. The molecule has 0 saturated carbocycles. The highest BCUT2D eigenvalue weighted by atomic mass is 19.0. The number of rotatable bonds is 2. The maximum Gasteiger partial charge on any atom is 0.195 e. The van der Waals surface area contributed by atoms with Gasteiger partial charge in [0.15, 0.2) is 11.2 Å². The molecule has 5 heteroatoms. The van der Waals surface area contributed by atoms with Gasteiger partial charge in [0.25, 0.3) is 0 Å². The molecule has 0 N–H and O–H groups in total. The van der Waals surface area contributed by atoms with Crippen LogP contribution in [0.15, 0.2) is 53.3 Å². The van der Waals surface area contributed by atoms with E-state index in [0.717, 1.165) is 71.8 Å². The molecule has 3 aliphatic carbocycles. The molecule has 0 radical (unpaired) electrons. The lowest BCUT2D eigenvalue weighted by Gasteiger charge is -2.48. The predicted molar refractivity (Wildman–Crippen MR) is 361 cm³/mol. The van der Waals surface area contributed by atoms with Crippen molar-refractivity contribution in [3.05, 3.63) is 104 Å². The van der Waals surface area contributed by atoms with Crippen molar-refractivity contribution < 1.29 is 9.50 Å². The number of nitrogens with zero attached hydrogens (tertiary/aromatic N) is 2. The van der Waals surface area contributed by atoms with Crippen LogP contribution in [0.25, 0.3) is 291 Å². The molecular formula is C82H27FN2O2. The molecule has 33 rings (SSSR count). The van der Waals surface area contributed by atoms with Gasteiger partial charge in [0.2, 0.25) is 0 Å². The molecular weight excluding hydrogens is 1060 g/mol. The van der Waals surface area contributed by atoms with Gasteiger partial charge in [0.1, 0.15) is 5.41 Å². The fraction of sp³-hybridized carbons (Fsp3) is 0.122. The summed E-state index contributed by atoms with van der Waals surface area (Å²) in [5.41, 5.74) is 5.00. The zero-order valence-electron chi connectivity index (χ0n) is 46.7. The van der Waals surface area contributed by atoms with Crippen LogP contribution >= 0.6 is 0 Å². The Morgan fingerprint density at radius 2 is 0.494 bits per heavy atom. The molecule has 2 heterocycles. The number of allylic oxidation sites excluding steroid dienone is 2. The number of pyridine rings is 2. The van der Waals surface area contributed by atoms with Crippen molar-refractivity contribution in [2.75, 3.05) is 0 Å². The van der Waals surface area contributed by atoms with E-state index in [1.807, 2.05) is 0 Å². The normalized spacial score (nSPS) is 20.3. The van der Waals surface area contributed by atoms with Crippen molar-refractivity contribution in [3.63, 3.8) is 0 Å².